The van der Waals surface area contributed by atoms with Crippen molar-refractivity contribution in [2.45, 2.75) is 44.7 Å². The molecule has 0 aromatic rings. The van der Waals surface area contributed by atoms with Gasteiger partial charge in [0, 0.05) is 34.2 Å². The molecule has 0 N–H and O–H groups in total. The second-order valence-electron chi connectivity index (χ2n) is 4.47. The Morgan fingerprint density at radius 2 is 2.00 bits per heavy atom. The summed E-state index contributed by atoms with van der Waals surface area (Å²) in [5.74, 6) is -0.334. The van der Waals surface area contributed by atoms with Crippen LogP contribution in [0, 0.1) is 0 Å². The van der Waals surface area contributed by atoms with Gasteiger partial charge in [0.15, 0.2) is 0 Å². The fraction of sp³-hybridized carbons (Fsp3) is 0.923. The van der Waals surface area contributed by atoms with E-state index < -0.39 is 0 Å². The number of ether oxygens (including phenoxy) is 5. The minimum absolute atomic E-state index is 0.0724. The first-order valence-corrected chi connectivity index (χ1v) is 6.54. The third-order valence-corrected chi connectivity index (χ3v) is 3.13. The lowest BCUT2D eigenvalue weighted by molar-refractivity contribution is -0.210. The largest absolute Gasteiger partial charge is 0.463 e. The van der Waals surface area contributed by atoms with Crippen LogP contribution in [0.4, 0.5) is 0 Å². The SMILES string of the molecule is CCOCC1CC(OC)C(OC)C(COC(C)=O)O1. The number of carbonyl (C=O) groups excluding carboxylic acids is 1. The van der Waals surface area contributed by atoms with Gasteiger partial charge in [-0.2, -0.15) is 0 Å². The van der Waals surface area contributed by atoms with Crippen LogP contribution in [-0.2, 0) is 28.5 Å². The van der Waals surface area contributed by atoms with Crippen LogP contribution in [0.3, 0.4) is 0 Å². The molecule has 0 amide bonds. The van der Waals surface area contributed by atoms with E-state index in [4.69, 9.17) is 23.7 Å². The maximum absolute atomic E-state index is 10.9. The molecule has 1 aliphatic rings. The Labute approximate surface area is 114 Å². The Bertz CT molecular complexity index is 270. The van der Waals surface area contributed by atoms with Gasteiger partial charge in [-0.1, -0.05) is 0 Å². The van der Waals surface area contributed by atoms with Crippen molar-refractivity contribution >= 4 is 5.97 Å². The van der Waals surface area contributed by atoms with Crippen molar-refractivity contribution < 1.29 is 28.5 Å². The number of esters is 1. The molecule has 112 valence electrons. The van der Waals surface area contributed by atoms with Crippen molar-refractivity contribution in [1.29, 1.82) is 0 Å². The van der Waals surface area contributed by atoms with E-state index in [0.717, 1.165) is 0 Å². The summed E-state index contributed by atoms with van der Waals surface area (Å²) in [4.78, 5) is 10.9. The summed E-state index contributed by atoms with van der Waals surface area (Å²) < 4.78 is 27.1. The van der Waals surface area contributed by atoms with Crippen molar-refractivity contribution in [2.24, 2.45) is 0 Å². The first-order valence-electron chi connectivity index (χ1n) is 6.54. The Morgan fingerprint density at radius 3 is 2.53 bits per heavy atom. The van der Waals surface area contributed by atoms with Gasteiger partial charge in [-0.15, -0.1) is 0 Å². The molecule has 1 rings (SSSR count). The van der Waals surface area contributed by atoms with Crippen LogP contribution in [0.1, 0.15) is 20.3 Å². The van der Waals surface area contributed by atoms with Gasteiger partial charge in [-0.05, 0) is 6.92 Å². The zero-order valence-electron chi connectivity index (χ0n) is 12.1. The Hall–Kier alpha value is -0.690. The van der Waals surface area contributed by atoms with Gasteiger partial charge in [-0.3, -0.25) is 4.79 Å². The summed E-state index contributed by atoms with van der Waals surface area (Å²) in [7, 11) is 3.24. The molecule has 0 saturated carbocycles. The minimum atomic E-state index is -0.335. The minimum Gasteiger partial charge on any atom is -0.463 e. The monoisotopic (exact) mass is 276 g/mol. The topological polar surface area (TPSA) is 63.2 Å². The molecule has 4 atom stereocenters. The zero-order chi connectivity index (χ0) is 14.3. The Kier molecular flexibility index (Phi) is 7.30. The summed E-state index contributed by atoms with van der Waals surface area (Å²) >= 11 is 0. The standard InChI is InChI=1S/C13H24O6/c1-5-17-7-10-6-11(15-3)13(16-4)12(19-10)8-18-9(2)14/h10-13H,5-8H2,1-4H3. The molecule has 0 radical (unpaired) electrons. The molecule has 1 aliphatic heterocycles. The van der Waals surface area contributed by atoms with Crippen LogP contribution < -0.4 is 0 Å². The van der Waals surface area contributed by atoms with Gasteiger partial charge < -0.3 is 23.7 Å². The highest BCUT2D eigenvalue weighted by Gasteiger charge is 2.39. The van der Waals surface area contributed by atoms with E-state index in [2.05, 4.69) is 0 Å². The average molecular weight is 276 g/mol. The van der Waals surface area contributed by atoms with Crippen molar-refractivity contribution in [3.05, 3.63) is 0 Å². The van der Waals surface area contributed by atoms with Crippen molar-refractivity contribution in [1.82, 2.24) is 0 Å². The fourth-order valence-electron chi connectivity index (χ4n) is 2.24. The fourth-order valence-corrected chi connectivity index (χ4v) is 2.24. The van der Waals surface area contributed by atoms with E-state index in [9.17, 15) is 4.79 Å². The average Bonchev–Trinajstić information content (AvgIpc) is 2.41. The van der Waals surface area contributed by atoms with Crippen LogP contribution in [-0.4, -0.2) is 64.4 Å². The van der Waals surface area contributed by atoms with Crippen LogP contribution in [0.5, 0.6) is 0 Å². The highest BCUT2D eigenvalue weighted by atomic mass is 16.6. The number of rotatable bonds is 7. The van der Waals surface area contributed by atoms with Crippen molar-refractivity contribution in [3.63, 3.8) is 0 Å². The van der Waals surface area contributed by atoms with Gasteiger partial charge in [-0.25, -0.2) is 0 Å². The number of carbonyl (C=O) groups is 1. The molecule has 0 aliphatic carbocycles. The van der Waals surface area contributed by atoms with E-state index in [0.29, 0.717) is 19.6 Å². The van der Waals surface area contributed by atoms with Crippen LogP contribution in [0.25, 0.3) is 0 Å². The Balaban J connectivity index is 2.62. The molecule has 1 fully saturated rings. The smallest absolute Gasteiger partial charge is 0.302 e. The maximum atomic E-state index is 10.9. The van der Waals surface area contributed by atoms with Gasteiger partial charge in [0.1, 0.15) is 18.8 Å². The Morgan fingerprint density at radius 1 is 1.26 bits per heavy atom. The van der Waals surface area contributed by atoms with Gasteiger partial charge in [0.05, 0.1) is 18.8 Å². The third kappa shape index (κ3) is 5.06. The van der Waals surface area contributed by atoms with E-state index >= 15 is 0 Å². The molecular formula is C13H24O6. The molecule has 0 aromatic heterocycles. The normalized spacial score (nSPS) is 31.2. The molecule has 1 saturated heterocycles. The molecule has 19 heavy (non-hydrogen) atoms. The van der Waals surface area contributed by atoms with Crippen LogP contribution in [0.15, 0.2) is 0 Å². The van der Waals surface area contributed by atoms with E-state index in [1.165, 1.54) is 6.92 Å². The third-order valence-electron chi connectivity index (χ3n) is 3.13. The second-order valence-corrected chi connectivity index (χ2v) is 4.47. The highest BCUT2D eigenvalue weighted by Crippen LogP contribution is 2.25. The molecule has 0 aromatic carbocycles. The highest BCUT2D eigenvalue weighted by molar-refractivity contribution is 5.65. The van der Waals surface area contributed by atoms with Gasteiger partial charge in [0.25, 0.3) is 0 Å². The van der Waals surface area contributed by atoms with Crippen LogP contribution in [0.2, 0.25) is 0 Å². The van der Waals surface area contributed by atoms with Crippen LogP contribution >= 0.6 is 0 Å². The molecule has 0 spiro atoms. The number of methoxy groups -OCH3 is 2. The predicted molar refractivity (Wildman–Crippen MR) is 68.0 cm³/mol. The van der Waals surface area contributed by atoms with Gasteiger partial charge in [0.2, 0.25) is 0 Å². The summed E-state index contributed by atoms with van der Waals surface area (Å²) in [6, 6.07) is 0. The first-order chi connectivity index (χ1) is 9.12. The zero-order valence-corrected chi connectivity index (χ0v) is 12.1. The van der Waals surface area contributed by atoms with E-state index in [1.807, 2.05) is 6.92 Å². The number of hydrogen-bond donors (Lipinski definition) is 0. The lowest BCUT2D eigenvalue weighted by atomic mass is 9.98. The summed E-state index contributed by atoms with van der Waals surface area (Å²) in [6.07, 6.45) is -0.0483. The van der Waals surface area contributed by atoms with E-state index in [-0.39, 0.29) is 37.0 Å². The first kappa shape index (κ1) is 16.4. The summed E-state index contributed by atoms with van der Waals surface area (Å²) in [5, 5.41) is 0. The predicted octanol–water partition coefficient (Wildman–Crippen LogP) is 0.773. The molecule has 6 heteroatoms. The number of hydrogen-bond acceptors (Lipinski definition) is 6. The van der Waals surface area contributed by atoms with Crippen molar-refractivity contribution in [3.8, 4) is 0 Å². The van der Waals surface area contributed by atoms with Gasteiger partial charge >= 0.3 is 5.97 Å². The molecule has 6 nitrogen and oxygen atoms in total. The maximum Gasteiger partial charge on any atom is 0.302 e. The summed E-state index contributed by atoms with van der Waals surface area (Å²) in [5.41, 5.74) is 0. The quantitative estimate of drug-likeness (QED) is 0.640. The molecular weight excluding hydrogens is 252 g/mol. The molecule has 4 unspecified atom stereocenters. The lowest BCUT2D eigenvalue weighted by Gasteiger charge is -2.40. The van der Waals surface area contributed by atoms with E-state index in [1.54, 1.807) is 14.2 Å². The second kappa shape index (κ2) is 8.47. The lowest BCUT2D eigenvalue weighted by Crippen LogP contribution is -2.53. The summed E-state index contributed by atoms with van der Waals surface area (Å²) in [6.45, 7) is 4.61. The molecule has 1 heterocycles. The van der Waals surface area contributed by atoms with Crippen molar-refractivity contribution in [2.75, 3.05) is 34.0 Å². The molecule has 0 bridgehead atoms.